The van der Waals surface area contributed by atoms with Crippen molar-refractivity contribution in [3.63, 3.8) is 0 Å². The molecule has 1 atom stereocenters. The average Bonchev–Trinajstić information content (AvgIpc) is 2.72. The summed E-state index contributed by atoms with van der Waals surface area (Å²) in [6.45, 7) is 1.92. The Labute approximate surface area is 115 Å². The summed E-state index contributed by atoms with van der Waals surface area (Å²) in [5, 5.41) is 0. The Balaban J connectivity index is 2.02. The molecule has 0 saturated heterocycles. The fourth-order valence-corrected chi connectivity index (χ4v) is 2.69. The molecule has 20 heavy (non-hydrogen) atoms. The van der Waals surface area contributed by atoms with Crippen LogP contribution in [0.3, 0.4) is 0 Å². The van der Waals surface area contributed by atoms with Gasteiger partial charge >= 0.3 is 0 Å². The molecule has 0 N–H and O–H groups in total. The molecule has 1 amide bonds. The fraction of sp³-hybridized carbons (Fsp3) is 0.188. The van der Waals surface area contributed by atoms with Gasteiger partial charge < -0.3 is 4.90 Å². The van der Waals surface area contributed by atoms with Crippen LogP contribution < -0.4 is 4.90 Å². The van der Waals surface area contributed by atoms with Crippen LogP contribution in [-0.2, 0) is 6.42 Å². The van der Waals surface area contributed by atoms with Crippen molar-refractivity contribution in [2.45, 2.75) is 19.4 Å². The Morgan fingerprint density at radius 3 is 2.50 bits per heavy atom. The highest BCUT2D eigenvalue weighted by Gasteiger charge is 2.31. The minimum absolute atomic E-state index is 0.0220. The molecule has 102 valence electrons. The number of hydrogen-bond acceptors (Lipinski definition) is 1. The molecular formula is C16H13F2NO. The molecule has 2 nitrogen and oxygen atoms in total. The average molecular weight is 273 g/mol. The molecule has 3 rings (SSSR count). The van der Waals surface area contributed by atoms with Crippen LogP contribution in [0.15, 0.2) is 42.5 Å². The zero-order valence-electron chi connectivity index (χ0n) is 10.9. The minimum atomic E-state index is -0.742. The van der Waals surface area contributed by atoms with Crippen molar-refractivity contribution >= 4 is 11.6 Å². The molecular weight excluding hydrogens is 260 g/mol. The molecule has 0 aliphatic carbocycles. The van der Waals surface area contributed by atoms with Gasteiger partial charge in [-0.25, -0.2) is 8.78 Å². The number of para-hydroxylation sites is 1. The number of anilines is 1. The number of carbonyl (C=O) groups is 1. The van der Waals surface area contributed by atoms with Gasteiger partial charge in [-0.15, -0.1) is 0 Å². The van der Waals surface area contributed by atoms with E-state index < -0.39 is 11.6 Å². The van der Waals surface area contributed by atoms with Crippen LogP contribution in [0, 0.1) is 11.6 Å². The van der Waals surface area contributed by atoms with Crippen molar-refractivity contribution in [1.82, 2.24) is 0 Å². The van der Waals surface area contributed by atoms with E-state index in [0.29, 0.717) is 0 Å². The summed E-state index contributed by atoms with van der Waals surface area (Å²) < 4.78 is 26.5. The van der Waals surface area contributed by atoms with E-state index in [4.69, 9.17) is 0 Å². The van der Waals surface area contributed by atoms with Crippen LogP contribution >= 0.6 is 0 Å². The SMILES string of the molecule is CC1Cc2ccccc2N1C(=O)c1cc(F)cc(F)c1. The maximum atomic E-state index is 13.3. The van der Waals surface area contributed by atoms with Gasteiger partial charge in [0.2, 0.25) is 0 Å². The molecule has 0 spiro atoms. The molecule has 0 radical (unpaired) electrons. The summed E-state index contributed by atoms with van der Waals surface area (Å²) in [6.07, 6.45) is 0.750. The van der Waals surface area contributed by atoms with E-state index in [-0.39, 0.29) is 17.5 Å². The van der Waals surface area contributed by atoms with E-state index in [1.807, 2.05) is 31.2 Å². The molecule has 1 unspecified atom stereocenters. The molecule has 2 aromatic carbocycles. The van der Waals surface area contributed by atoms with Gasteiger partial charge in [-0.1, -0.05) is 18.2 Å². The first-order valence-electron chi connectivity index (χ1n) is 6.44. The van der Waals surface area contributed by atoms with Crippen molar-refractivity contribution in [3.05, 3.63) is 65.2 Å². The number of fused-ring (bicyclic) bond motifs is 1. The Morgan fingerprint density at radius 1 is 1.15 bits per heavy atom. The smallest absolute Gasteiger partial charge is 0.258 e. The zero-order valence-corrected chi connectivity index (χ0v) is 10.9. The largest absolute Gasteiger partial charge is 0.305 e. The van der Waals surface area contributed by atoms with Crippen LogP contribution in [0.1, 0.15) is 22.8 Å². The molecule has 0 saturated carbocycles. The van der Waals surface area contributed by atoms with Crippen molar-refractivity contribution in [1.29, 1.82) is 0 Å². The molecule has 0 fully saturated rings. The first kappa shape index (κ1) is 12.8. The van der Waals surface area contributed by atoms with Crippen molar-refractivity contribution < 1.29 is 13.6 Å². The Kier molecular flexibility index (Phi) is 3.01. The fourth-order valence-electron chi connectivity index (χ4n) is 2.69. The summed E-state index contributed by atoms with van der Waals surface area (Å²) in [5.74, 6) is -1.86. The molecule has 2 aromatic rings. The zero-order chi connectivity index (χ0) is 14.3. The number of amides is 1. The number of halogens is 2. The van der Waals surface area contributed by atoms with Crippen LogP contribution in [0.5, 0.6) is 0 Å². The van der Waals surface area contributed by atoms with E-state index in [2.05, 4.69) is 0 Å². The molecule has 1 aliphatic rings. The maximum absolute atomic E-state index is 13.3. The summed E-state index contributed by atoms with van der Waals surface area (Å²) >= 11 is 0. The second-order valence-electron chi connectivity index (χ2n) is 5.02. The highest BCUT2D eigenvalue weighted by atomic mass is 19.1. The third-order valence-electron chi connectivity index (χ3n) is 3.54. The first-order chi connectivity index (χ1) is 9.56. The van der Waals surface area contributed by atoms with Gasteiger partial charge in [0, 0.05) is 23.4 Å². The summed E-state index contributed by atoms with van der Waals surface area (Å²) in [7, 11) is 0. The lowest BCUT2D eigenvalue weighted by Crippen LogP contribution is -2.35. The second-order valence-corrected chi connectivity index (χ2v) is 5.02. The molecule has 4 heteroatoms. The highest BCUT2D eigenvalue weighted by Crippen LogP contribution is 2.33. The number of nitrogens with zero attached hydrogens (tertiary/aromatic N) is 1. The van der Waals surface area contributed by atoms with E-state index in [0.717, 1.165) is 35.9 Å². The lowest BCUT2D eigenvalue weighted by Gasteiger charge is -2.22. The van der Waals surface area contributed by atoms with E-state index >= 15 is 0 Å². The van der Waals surface area contributed by atoms with Crippen molar-refractivity contribution in [3.8, 4) is 0 Å². The quantitative estimate of drug-likeness (QED) is 0.778. The van der Waals surface area contributed by atoms with E-state index in [1.165, 1.54) is 0 Å². The summed E-state index contributed by atoms with van der Waals surface area (Å²) in [6, 6.07) is 10.5. The van der Waals surface area contributed by atoms with E-state index in [9.17, 15) is 13.6 Å². The lowest BCUT2D eigenvalue weighted by molar-refractivity contribution is 0.0980. The molecule has 0 bridgehead atoms. The van der Waals surface area contributed by atoms with Gasteiger partial charge in [-0.2, -0.15) is 0 Å². The van der Waals surface area contributed by atoms with Crippen LogP contribution in [0.4, 0.5) is 14.5 Å². The summed E-state index contributed by atoms with van der Waals surface area (Å²) in [4.78, 5) is 14.1. The third-order valence-corrected chi connectivity index (χ3v) is 3.54. The number of hydrogen-bond donors (Lipinski definition) is 0. The van der Waals surface area contributed by atoms with Crippen LogP contribution in [0.25, 0.3) is 0 Å². The third kappa shape index (κ3) is 2.07. The standard InChI is InChI=1S/C16H13F2NO/c1-10-6-11-4-2-3-5-15(11)19(10)16(20)12-7-13(17)9-14(18)8-12/h2-5,7-10H,6H2,1H3. The van der Waals surface area contributed by atoms with Gasteiger partial charge in [-0.3, -0.25) is 4.79 Å². The van der Waals surface area contributed by atoms with Gasteiger partial charge in [0.25, 0.3) is 5.91 Å². The topological polar surface area (TPSA) is 20.3 Å². The van der Waals surface area contributed by atoms with Crippen molar-refractivity contribution in [2.24, 2.45) is 0 Å². The predicted octanol–water partition coefficient (Wildman–Crippen LogP) is 3.56. The minimum Gasteiger partial charge on any atom is -0.305 e. The van der Waals surface area contributed by atoms with Crippen molar-refractivity contribution in [2.75, 3.05) is 4.90 Å². The Hall–Kier alpha value is -2.23. The molecule has 1 aliphatic heterocycles. The number of carbonyl (C=O) groups excluding carboxylic acids is 1. The van der Waals surface area contributed by atoms with Gasteiger partial charge in [0.05, 0.1) is 0 Å². The van der Waals surface area contributed by atoms with Gasteiger partial charge in [-0.05, 0) is 37.1 Å². The summed E-state index contributed by atoms with van der Waals surface area (Å²) in [5.41, 5.74) is 1.92. The Morgan fingerprint density at radius 2 is 1.80 bits per heavy atom. The lowest BCUT2D eigenvalue weighted by atomic mass is 10.1. The van der Waals surface area contributed by atoms with Gasteiger partial charge in [0.1, 0.15) is 11.6 Å². The normalized spacial score (nSPS) is 17.1. The van der Waals surface area contributed by atoms with Crippen LogP contribution in [0.2, 0.25) is 0 Å². The Bertz CT molecular complexity index is 664. The molecule has 0 aromatic heterocycles. The first-order valence-corrected chi connectivity index (χ1v) is 6.44. The predicted molar refractivity (Wildman–Crippen MR) is 72.8 cm³/mol. The highest BCUT2D eigenvalue weighted by molar-refractivity contribution is 6.07. The van der Waals surface area contributed by atoms with Gasteiger partial charge in [0.15, 0.2) is 0 Å². The number of benzene rings is 2. The monoisotopic (exact) mass is 273 g/mol. The number of rotatable bonds is 1. The van der Waals surface area contributed by atoms with Crippen LogP contribution in [-0.4, -0.2) is 11.9 Å². The molecule has 1 heterocycles. The second kappa shape index (κ2) is 4.71. The van der Waals surface area contributed by atoms with E-state index in [1.54, 1.807) is 4.90 Å². The maximum Gasteiger partial charge on any atom is 0.258 e.